The highest BCUT2D eigenvalue weighted by molar-refractivity contribution is 5.91. The van der Waals surface area contributed by atoms with Crippen LogP contribution in [0.25, 0.3) is 16.6 Å². The summed E-state index contributed by atoms with van der Waals surface area (Å²) in [6.07, 6.45) is 0. The maximum atomic E-state index is 12.9. The summed E-state index contributed by atoms with van der Waals surface area (Å²) in [5.74, 6) is 1.19. The summed E-state index contributed by atoms with van der Waals surface area (Å²) in [6, 6.07) is 20.6. The van der Waals surface area contributed by atoms with E-state index in [1.54, 1.807) is 68.6 Å². The van der Waals surface area contributed by atoms with E-state index in [1.807, 2.05) is 18.2 Å². The molecular weight excluding hydrogens is 368 g/mol. The first-order chi connectivity index (χ1) is 14.1. The molecule has 29 heavy (non-hydrogen) atoms. The van der Waals surface area contributed by atoms with Crippen molar-refractivity contribution in [1.82, 2.24) is 9.55 Å². The topological polar surface area (TPSA) is 70.4 Å². The Morgan fingerprint density at radius 3 is 2.24 bits per heavy atom. The number of fused-ring (bicyclic) bond motifs is 1. The zero-order valence-electron chi connectivity index (χ0n) is 16.0. The first kappa shape index (κ1) is 18.4. The van der Waals surface area contributed by atoms with Crippen LogP contribution in [0.5, 0.6) is 11.5 Å². The maximum Gasteiger partial charge on any atom is 0.343 e. The Morgan fingerprint density at radius 1 is 0.897 bits per heavy atom. The number of nitrogens with zero attached hydrogens (tertiary/aromatic N) is 2. The Hall–Kier alpha value is -3.93. The Kier molecular flexibility index (Phi) is 4.83. The second kappa shape index (κ2) is 7.59. The third-order valence-electron chi connectivity index (χ3n) is 4.57. The molecule has 0 N–H and O–H groups in total. The van der Waals surface area contributed by atoms with E-state index >= 15 is 0 Å². The van der Waals surface area contributed by atoms with Gasteiger partial charge in [-0.15, -0.1) is 0 Å². The van der Waals surface area contributed by atoms with Crippen molar-refractivity contribution in [2.75, 3.05) is 7.11 Å². The molecule has 1 aromatic heterocycles. The molecule has 0 aliphatic carbocycles. The molecule has 0 aliphatic rings. The summed E-state index contributed by atoms with van der Waals surface area (Å²) >= 11 is 0. The number of rotatable bonds is 4. The lowest BCUT2D eigenvalue weighted by atomic mass is 10.2. The van der Waals surface area contributed by atoms with E-state index in [0.29, 0.717) is 39.5 Å². The van der Waals surface area contributed by atoms with E-state index in [1.165, 1.54) is 4.57 Å². The number of ether oxygens (including phenoxy) is 2. The van der Waals surface area contributed by atoms with Gasteiger partial charge in [0, 0.05) is 0 Å². The highest BCUT2D eigenvalue weighted by Crippen LogP contribution is 2.19. The van der Waals surface area contributed by atoms with Gasteiger partial charge in [0.15, 0.2) is 0 Å². The van der Waals surface area contributed by atoms with Crippen LogP contribution in [0.3, 0.4) is 0 Å². The minimum absolute atomic E-state index is 0.151. The molecule has 0 fully saturated rings. The molecule has 4 aromatic rings. The maximum absolute atomic E-state index is 12.9. The van der Waals surface area contributed by atoms with E-state index in [-0.39, 0.29) is 5.56 Å². The fourth-order valence-corrected chi connectivity index (χ4v) is 3.10. The van der Waals surface area contributed by atoms with Crippen LogP contribution in [0.1, 0.15) is 16.2 Å². The van der Waals surface area contributed by atoms with Crippen LogP contribution < -0.4 is 15.0 Å². The molecule has 3 aromatic carbocycles. The smallest absolute Gasteiger partial charge is 0.343 e. The minimum Gasteiger partial charge on any atom is -0.497 e. The highest BCUT2D eigenvalue weighted by Gasteiger charge is 2.12. The number of hydrogen-bond donors (Lipinski definition) is 0. The predicted molar refractivity (Wildman–Crippen MR) is 110 cm³/mol. The van der Waals surface area contributed by atoms with Crippen LogP contribution in [-0.4, -0.2) is 22.6 Å². The van der Waals surface area contributed by atoms with Gasteiger partial charge in [0.25, 0.3) is 5.56 Å². The molecule has 0 saturated heterocycles. The molecule has 0 amide bonds. The van der Waals surface area contributed by atoms with E-state index in [0.717, 1.165) is 0 Å². The molecular formula is C23H18N2O4. The molecule has 0 radical (unpaired) electrons. The summed E-state index contributed by atoms with van der Waals surface area (Å²) in [6.45, 7) is 1.78. The largest absolute Gasteiger partial charge is 0.497 e. The van der Waals surface area contributed by atoms with Crippen molar-refractivity contribution in [2.24, 2.45) is 0 Å². The minimum atomic E-state index is -0.484. The zero-order valence-corrected chi connectivity index (χ0v) is 16.0. The van der Waals surface area contributed by atoms with Crippen LogP contribution >= 0.6 is 0 Å². The normalized spacial score (nSPS) is 10.7. The molecule has 4 rings (SSSR count). The summed E-state index contributed by atoms with van der Waals surface area (Å²) < 4.78 is 12.0. The quantitative estimate of drug-likeness (QED) is 0.393. The number of methoxy groups -OCH3 is 1. The number of benzene rings is 3. The lowest BCUT2D eigenvalue weighted by molar-refractivity contribution is 0.0734. The number of hydrogen-bond acceptors (Lipinski definition) is 5. The van der Waals surface area contributed by atoms with Gasteiger partial charge in [0.05, 0.1) is 29.3 Å². The Labute approximate surface area is 167 Å². The molecule has 6 nitrogen and oxygen atoms in total. The van der Waals surface area contributed by atoms with Crippen LogP contribution in [0.4, 0.5) is 0 Å². The van der Waals surface area contributed by atoms with E-state index in [4.69, 9.17) is 9.47 Å². The standard InChI is InChI=1S/C23H18N2O4/c1-15-24-21-6-4-3-5-20(21)22(26)25(15)17-9-7-16(8-10-17)23(27)29-19-13-11-18(28-2)12-14-19/h3-14H,1-2H3. The first-order valence-electron chi connectivity index (χ1n) is 9.02. The van der Waals surface area contributed by atoms with Gasteiger partial charge in [-0.05, 0) is 67.6 Å². The molecule has 0 saturated carbocycles. The number of esters is 1. The lowest BCUT2D eigenvalue weighted by Crippen LogP contribution is -2.22. The summed E-state index contributed by atoms with van der Waals surface area (Å²) in [5.41, 5.74) is 1.52. The molecule has 0 aliphatic heterocycles. The van der Waals surface area contributed by atoms with Crippen molar-refractivity contribution >= 4 is 16.9 Å². The summed E-state index contributed by atoms with van der Waals surface area (Å²) in [5, 5.41) is 0.543. The van der Waals surface area contributed by atoms with Crippen LogP contribution in [0.15, 0.2) is 77.6 Å². The summed E-state index contributed by atoms with van der Waals surface area (Å²) in [7, 11) is 1.57. The van der Waals surface area contributed by atoms with Gasteiger partial charge in [-0.25, -0.2) is 9.78 Å². The van der Waals surface area contributed by atoms with E-state index < -0.39 is 5.97 Å². The van der Waals surface area contributed by atoms with Gasteiger partial charge in [0.2, 0.25) is 0 Å². The number of aromatic nitrogens is 2. The van der Waals surface area contributed by atoms with Gasteiger partial charge in [0.1, 0.15) is 17.3 Å². The molecule has 144 valence electrons. The second-order valence-electron chi connectivity index (χ2n) is 6.43. The zero-order chi connectivity index (χ0) is 20.4. The fourth-order valence-electron chi connectivity index (χ4n) is 3.10. The first-order valence-corrected chi connectivity index (χ1v) is 9.02. The average Bonchev–Trinajstić information content (AvgIpc) is 2.75. The molecule has 0 unspecified atom stereocenters. The van der Waals surface area contributed by atoms with Crippen molar-refractivity contribution in [3.8, 4) is 17.2 Å². The predicted octanol–water partition coefficient (Wildman–Crippen LogP) is 3.92. The van der Waals surface area contributed by atoms with Crippen LogP contribution in [0.2, 0.25) is 0 Å². The van der Waals surface area contributed by atoms with Crippen molar-refractivity contribution in [3.63, 3.8) is 0 Å². The lowest BCUT2D eigenvalue weighted by Gasteiger charge is -2.11. The van der Waals surface area contributed by atoms with Crippen molar-refractivity contribution in [2.45, 2.75) is 6.92 Å². The van der Waals surface area contributed by atoms with E-state index in [9.17, 15) is 9.59 Å². The molecule has 0 atom stereocenters. The Balaban J connectivity index is 1.61. The fraction of sp³-hybridized carbons (Fsp3) is 0.0870. The van der Waals surface area contributed by atoms with Crippen molar-refractivity contribution in [1.29, 1.82) is 0 Å². The van der Waals surface area contributed by atoms with Gasteiger partial charge in [-0.2, -0.15) is 0 Å². The third kappa shape index (κ3) is 3.60. The number of carbonyl (C=O) groups excluding carboxylic acids is 1. The van der Waals surface area contributed by atoms with Crippen LogP contribution in [-0.2, 0) is 0 Å². The SMILES string of the molecule is COc1ccc(OC(=O)c2ccc(-n3c(C)nc4ccccc4c3=O)cc2)cc1. The Bertz CT molecular complexity index is 1240. The molecule has 1 heterocycles. The van der Waals surface area contributed by atoms with Gasteiger partial charge < -0.3 is 9.47 Å². The van der Waals surface area contributed by atoms with Gasteiger partial charge in [-0.1, -0.05) is 12.1 Å². The molecule has 6 heteroatoms. The van der Waals surface area contributed by atoms with Crippen molar-refractivity contribution in [3.05, 3.63) is 94.5 Å². The number of carbonyl (C=O) groups is 1. The number of aryl methyl sites for hydroxylation is 1. The number of para-hydroxylation sites is 1. The van der Waals surface area contributed by atoms with Gasteiger partial charge in [-0.3, -0.25) is 9.36 Å². The van der Waals surface area contributed by atoms with Crippen molar-refractivity contribution < 1.29 is 14.3 Å². The Morgan fingerprint density at radius 2 is 1.55 bits per heavy atom. The summed E-state index contributed by atoms with van der Waals surface area (Å²) in [4.78, 5) is 29.8. The molecule has 0 spiro atoms. The highest BCUT2D eigenvalue weighted by atomic mass is 16.5. The monoisotopic (exact) mass is 386 g/mol. The van der Waals surface area contributed by atoms with Gasteiger partial charge >= 0.3 is 5.97 Å². The second-order valence-corrected chi connectivity index (χ2v) is 6.43. The average molecular weight is 386 g/mol. The van der Waals surface area contributed by atoms with E-state index in [2.05, 4.69) is 4.98 Å². The molecule has 0 bridgehead atoms. The third-order valence-corrected chi connectivity index (χ3v) is 4.57. The van der Waals surface area contributed by atoms with Crippen LogP contribution in [0, 0.1) is 6.92 Å².